The lowest BCUT2D eigenvalue weighted by molar-refractivity contribution is -0.134. The van der Waals surface area contributed by atoms with Gasteiger partial charge in [-0.25, -0.2) is 13.8 Å². The molecule has 1 fully saturated rings. The number of rotatable bonds is 10. The molecule has 0 atom stereocenters. The molecular weight excluding hydrogens is 552 g/mol. The van der Waals surface area contributed by atoms with E-state index in [1.807, 2.05) is 4.90 Å². The van der Waals surface area contributed by atoms with Gasteiger partial charge in [0, 0.05) is 18.1 Å². The number of benzene rings is 3. The SMILES string of the molecule is Cc1ccc(N(CC(=O)N/N=C\c2ccc(OCC(=O)N3CCCCC3)cc2)S(=O)(=O)c2ccccc2)cc1Cl. The first-order valence-electron chi connectivity index (χ1n) is 12.9. The summed E-state index contributed by atoms with van der Waals surface area (Å²) in [4.78, 5) is 26.9. The number of hydrogen-bond acceptors (Lipinski definition) is 6. The summed E-state index contributed by atoms with van der Waals surface area (Å²) in [6.07, 6.45) is 4.63. The molecule has 2 amide bonds. The number of hydrazone groups is 1. The van der Waals surface area contributed by atoms with Crippen LogP contribution in [0.3, 0.4) is 0 Å². The van der Waals surface area contributed by atoms with E-state index in [0.29, 0.717) is 16.3 Å². The third-order valence-corrected chi connectivity index (χ3v) is 8.61. The van der Waals surface area contributed by atoms with Crippen molar-refractivity contribution >= 4 is 45.3 Å². The van der Waals surface area contributed by atoms with Crippen LogP contribution >= 0.6 is 11.6 Å². The third-order valence-electron chi connectivity index (χ3n) is 6.42. The maximum Gasteiger partial charge on any atom is 0.264 e. The summed E-state index contributed by atoms with van der Waals surface area (Å²) in [6, 6.07) is 19.5. The van der Waals surface area contributed by atoms with E-state index in [1.54, 1.807) is 61.5 Å². The lowest BCUT2D eigenvalue weighted by Crippen LogP contribution is -2.39. The van der Waals surface area contributed by atoms with Crippen molar-refractivity contribution in [2.45, 2.75) is 31.1 Å². The fourth-order valence-electron chi connectivity index (χ4n) is 4.15. The quantitative estimate of drug-likeness (QED) is 0.282. The predicted octanol–water partition coefficient (Wildman–Crippen LogP) is 4.39. The van der Waals surface area contributed by atoms with E-state index < -0.39 is 22.5 Å². The molecule has 0 aromatic heterocycles. The lowest BCUT2D eigenvalue weighted by Gasteiger charge is -2.26. The van der Waals surface area contributed by atoms with Gasteiger partial charge >= 0.3 is 0 Å². The molecule has 0 spiro atoms. The van der Waals surface area contributed by atoms with Crippen LogP contribution in [0.25, 0.3) is 0 Å². The van der Waals surface area contributed by atoms with Gasteiger partial charge in [0.15, 0.2) is 6.61 Å². The van der Waals surface area contributed by atoms with E-state index >= 15 is 0 Å². The maximum absolute atomic E-state index is 13.4. The summed E-state index contributed by atoms with van der Waals surface area (Å²) in [5, 5.41) is 4.35. The van der Waals surface area contributed by atoms with Crippen molar-refractivity contribution in [3.63, 3.8) is 0 Å². The van der Waals surface area contributed by atoms with Gasteiger partial charge in [-0.3, -0.25) is 13.9 Å². The molecule has 4 rings (SSSR count). The molecule has 1 N–H and O–H groups in total. The maximum atomic E-state index is 13.4. The average Bonchev–Trinajstić information content (AvgIpc) is 2.97. The van der Waals surface area contributed by atoms with Gasteiger partial charge < -0.3 is 9.64 Å². The molecule has 11 heteroatoms. The number of carbonyl (C=O) groups is 2. The zero-order valence-corrected chi connectivity index (χ0v) is 23.7. The fraction of sp³-hybridized carbons (Fsp3) is 0.276. The lowest BCUT2D eigenvalue weighted by atomic mass is 10.1. The van der Waals surface area contributed by atoms with Crippen LogP contribution < -0.4 is 14.5 Å². The van der Waals surface area contributed by atoms with Crippen molar-refractivity contribution < 1.29 is 22.7 Å². The third kappa shape index (κ3) is 7.61. The monoisotopic (exact) mass is 582 g/mol. The van der Waals surface area contributed by atoms with Gasteiger partial charge in [0.1, 0.15) is 12.3 Å². The molecule has 40 heavy (non-hydrogen) atoms. The molecule has 9 nitrogen and oxygen atoms in total. The number of nitrogens with zero attached hydrogens (tertiary/aromatic N) is 3. The largest absolute Gasteiger partial charge is 0.484 e. The standard InChI is InChI=1S/C29H31ClN4O5S/c1-22-10-13-24(18-27(22)30)34(40(37,38)26-8-4-2-5-9-26)20-28(35)32-31-19-23-11-14-25(15-12-23)39-21-29(36)33-16-6-3-7-17-33/h2,4-5,8-15,18-19H,3,6-7,16-17,20-21H2,1H3,(H,32,35)/b31-19-. The molecule has 1 saturated heterocycles. The van der Waals surface area contributed by atoms with Gasteiger partial charge in [-0.1, -0.05) is 35.9 Å². The summed E-state index contributed by atoms with van der Waals surface area (Å²) in [7, 11) is -4.06. The highest BCUT2D eigenvalue weighted by Crippen LogP contribution is 2.28. The molecule has 1 aliphatic heterocycles. The second kappa shape index (κ2) is 13.5. The van der Waals surface area contributed by atoms with Crippen molar-refractivity contribution in [2.75, 3.05) is 30.5 Å². The van der Waals surface area contributed by atoms with Crippen LogP contribution in [-0.4, -0.2) is 57.6 Å². The normalized spacial score (nSPS) is 13.7. The Kier molecular flexibility index (Phi) is 9.79. The first kappa shape index (κ1) is 29.1. The number of piperidine rings is 1. The second-order valence-electron chi connectivity index (χ2n) is 9.35. The van der Waals surface area contributed by atoms with E-state index in [1.165, 1.54) is 24.4 Å². The molecule has 0 saturated carbocycles. The molecule has 1 heterocycles. The van der Waals surface area contributed by atoms with Crippen molar-refractivity contribution in [1.29, 1.82) is 0 Å². The number of ether oxygens (including phenoxy) is 1. The molecule has 210 valence electrons. The van der Waals surface area contributed by atoms with Crippen LogP contribution in [0.1, 0.15) is 30.4 Å². The molecule has 0 bridgehead atoms. The van der Waals surface area contributed by atoms with Crippen molar-refractivity contribution in [1.82, 2.24) is 10.3 Å². The minimum absolute atomic E-state index is 0.0158. The number of halogens is 1. The summed E-state index contributed by atoms with van der Waals surface area (Å²) in [5.74, 6) is -0.113. The van der Waals surface area contributed by atoms with E-state index in [9.17, 15) is 18.0 Å². The molecule has 1 aliphatic rings. The minimum Gasteiger partial charge on any atom is -0.484 e. The Bertz CT molecular complexity index is 1460. The van der Waals surface area contributed by atoms with E-state index in [2.05, 4.69) is 10.5 Å². The molecule has 3 aromatic carbocycles. The van der Waals surface area contributed by atoms with E-state index in [-0.39, 0.29) is 23.1 Å². The van der Waals surface area contributed by atoms with Crippen molar-refractivity contribution in [2.24, 2.45) is 5.10 Å². The summed E-state index contributed by atoms with van der Waals surface area (Å²) >= 11 is 6.25. The van der Waals surface area contributed by atoms with Gasteiger partial charge in [-0.2, -0.15) is 5.10 Å². The number of sulfonamides is 1. The molecule has 3 aromatic rings. The number of carbonyl (C=O) groups excluding carboxylic acids is 2. The Morgan fingerprint density at radius 2 is 1.73 bits per heavy atom. The minimum atomic E-state index is -4.06. The number of anilines is 1. The van der Waals surface area contributed by atoms with Crippen LogP contribution in [0.5, 0.6) is 5.75 Å². The topological polar surface area (TPSA) is 108 Å². The van der Waals surface area contributed by atoms with Gasteiger partial charge in [0.05, 0.1) is 16.8 Å². The first-order valence-corrected chi connectivity index (χ1v) is 14.7. The number of likely N-dealkylation sites (tertiary alicyclic amines) is 1. The predicted molar refractivity (Wildman–Crippen MR) is 155 cm³/mol. The van der Waals surface area contributed by atoms with E-state index in [0.717, 1.165) is 42.2 Å². The number of amides is 2. The molecule has 0 unspecified atom stereocenters. The second-order valence-corrected chi connectivity index (χ2v) is 11.6. The number of hydrogen-bond donors (Lipinski definition) is 1. The van der Waals surface area contributed by atoms with Gasteiger partial charge in [0.2, 0.25) is 0 Å². The Morgan fingerprint density at radius 3 is 2.40 bits per heavy atom. The highest BCUT2D eigenvalue weighted by Gasteiger charge is 2.27. The zero-order chi connectivity index (χ0) is 28.5. The smallest absolute Gasteiger partial charge is 0.264 e. The molecular formula is C29H31ClN4O5S. The molecule has 0 radical (unpaired) electrons. The Labute approximate surface area is 239 Å². The van der Waals surface area contributed by atoms with Crippen molar-refractivity contribution in [3.8, 4) is 5.75 Å². The van der Waals surface area contributed by atoms with Crippen LogP contribution in [0.15, 0.2) is 82.8 Å². The average molecular weight is 583 g/mol. The Hall–Kier alpha value is -3.89. The summed E-state index contributed by atoms with van der Waals surface area (Å²) in [6.45, 7) is 2.83. The molecule has 0 aliphatic carbocycles. The highest BCUT2D eigenvalue weighted by atomic mass is 35.5. The van der Waals surface area contributed by atoms with Gasteiger partial charge in [-0.05, 0) is 85.8 Å². The van der Waals surface area contributed by atoms with E-state index in [4.69, 9.17) is 16.3 Å². The van der Waals surface area contributed by atoms with Gasteiger partial charge in [-0.15, -0.1) is 0 Å². The Morgan fingerprint density at radius 1 is 1.02 bits per heavy atom. The zero-order valence-electron chi connectivity index (χ0n) is 22.1. The van der Waals surface area contributed by atoms with Crippen LogP contribution in [0, 0.1) is 6.92 Å². The fourth-order valence-corrected chi connectivity index (χ4v) is 5.75. The van der Waals surface area contributed by atoms with Gasteiger partial charge in [0.25, 0.3) is 21.8 Å². The van der Waals surface area contributed by atoms with Crippen molar-refractivity contribution in [3.05, 3.63) is 88.9 Å². The highest BCUT2D eigenvalue weighted by molar-refractivity contribution is 7.92. The summed E-state index contributed by atoms with van der Waals surface area (Å²) in [5.41, 5.74) is 4.09. The number of nitrogens with one attached hydrogen (secondary N) is 1. The van der Waals surface area contributed by atoms with Crippen LogP contribution in [-0.2, 0) is 19.6 Å². The summed E-state index contributed by atoms with van der Waals surface area (Å²) < 4.78 is 33.4. The Balaban J connectivity index is 1.37. The first-order chi connectivity index (χ1) is 19.2. The van der Waals surface area contributed by atoms with Crippen LogP contribution in [0.2, 0.25) is 5.02 Å². The van der Waals surface area contributed by atoms with Crippen LogP contribution in [0.4, 0.5) is 5.69 Å². The number of aryl methyl sites for hydroxylation is 1.